The fraction of sp³-hybridized carbons (Fsp3) is 0.609. The van der Waals surface area contributed by atoms with Gasteiger partial charge in [-0.3, -0.25) is 0 Å². The summed E-state index contributed by atoms with van der Waals surface area (Å²) in [4.78, 5) is 11.6. The van der Waals surface area contributed by atoms with Crippen LogP contribution in [-0.2, 0) is 9.53 Å². The first-order valence-corrected chi connectivity index (χ1v) is 10.1. The maximum Gasteiger partial charge on any atom is 0.331 e. The number of carbonyl (C=O) groups excluding carboxylic acids is 1. The predicted molar refractivity (Wildman–Crippen MR) is 100 cm³/mol. The van der Waals surface area contributed by atoms with Gasteiger partial charge in [-0.1, -0.05) is 31.6 Å². The van der Waals surface area contributed by atoms with Crippen molar-refractivity contribution in [2.45, 2.75) is 64.9 Å². The van der Waals surface area contributed by atoms with Crippen LogP contribution in [0, 0.1) is 16.7 Å². The fourth-order valence-corrected chi connectivity index (χ4v) is 6.51. The molecule has 0 unspecified atom stereocenters. The molecule has 5 rings (SSSR count). The highest BCUT2D eigenvalue weighted by Crippen LogP contribution is 2.62. The second kappa shape index (κ2) is 5.45. The van der Waals surface area contributed by atoms with Crippen molar-refractivity contribution in [3.63, 3.8) is 0 Å². The number of hydrogen-bond donors (Lipinski definition) is 1. The first-order chi connectivity index (χ1) is 12.4. The maximum atomic E-state index is 11.6. The van der Waals surface area contributed by atoms with E-state index in [1.54, 1.807) is 17.2 Å². The van der Waals surface area contributed by atoms with Gasteiger partial charge in [-0.25, -0.2) is 4.79 Å². The molecule has 4 aliphatic carbocycles. The molecule has 1 aliphatic heterocycles. The largest absolute Gasteiger partial charge is 0.458 e. The Kier molecular flexibility index (Phi) is 3.47. The Labute approximate surface area is 155 Å². The molecule has 26 heavy (non-hydrogen) atoms. The number of aliphatic hydroxyl groups excluding tert-OH is 1. The highest BCUT2D eigenvalue weighted by Gasteiger charge is 2.51. The number of allylic oxidation sites excluding steroid dienone is 5. The third-order valence-electron chi connectivity index (χ3n) is 8.06. The van der Waals surface area contributed by atoms with Gasteiger partial charge in [0.25, 0.3) is 0 Å². The lowest BCUT2D eigenvalue weighted by Crippen LogP contribution is -2.43. The molecule has 4 atom stereocenters. The first-order valence-electron chi connectivity index (χ1n) is 10.1. The second-order valence-corrected chi connectivity index (χ2v) is 9.31. The SMILES string of the molecule is C[C@]12CCC3=C(CC[C@H]4C[C@H](O)CC[C@@]34C)C1=CC=C2C1=CC(=O)OC1. The van der Waals surface area contributed by atoms with E-state index in [0.717, 1.165) is 44.1 Å². The topological polar surface area (TPSA) is 46.5 Å². The average Bonchev–Trinajstić information content (AvgIpc) is 3.18. The average molecular weight is 352 g/mol. The molecule has 0 radical (unpaired) electrons. The normalized spacial score (nSPS) is 41.7. The van der Waals surface area contributed by atoms with Gasteiger partial charge in [0, 0.05) is 17.1 Å². The molecule has 3 nitrogen and oxygen atoms in total. The highest BCUT2D eigenvalue weighted by atomic mass is 16.5. The van der Waals surface area contributed by atoms with Crippen LogP contribution in [0.2, 0.25) is 0 Å². The van der Waals surface area contributed by atoms with Crippen molar-refractivity contribution >= 4 is 5.97 Å². The van der Waals surface area contributed by atoms with Crippen molar-refractivity contribution in [3.8, 4) is 0 Å². The van der Waals surface area contributed by atoms with E-state index >= 15 is 0 Å². The summed E-state index contributed by atoms with van der Waals surface area (Å²) in [6.45, 7) is 5.23. The first kappa shape index (κ1) is 16.6. The summed E-state index contributed by atoms with van der Waals surface area (Å²) in [5.41, 5.74) is 7.39. The lowest BCUT2D eigenvalue weighted by atomic mass is 9.52. The summed E-state index contributed by atoms with van der Waals surface area (Å²) in [6, 6.07) is 0. The van der Waals surface area contributed by atoms with Gasteiger partial charge in [-0.05, 0) is 73.0 Å². The molecule has 0 aromatic rings. The third-order valence-corrected chi connectivity index (χ3v) is 8.06. The minimum Gasteiger partial charge on any atom is -0.458 e. The summed E-state index contributed by atoms with van der Waals surface area (Å²) in [7, 11) is 0. The molecule has 138 valence electrons. The summed E-state index contributed by atoms with van der Waals surface area (Å²) in [5.74, 6) is 0.426. The molecule has 0 spiro atoms. The Morgan fingerprint density at radius 1 is 1.12 bits per heavy atom. The molecule has 0 bridgehead atoms. The van der Waals surface area contributed by atoms with Gasteiger partial charge in [-0.2, -0.15) is 0 Å². The van der Waals surface area contributed by atoms with E-state index in [1.165, 1.54) is 17.6 Å². The number of esters is 1. The van der Waals surface area contributed by atoms with Gasteiger partial charge in [0.2, 0.25) is 0 Å². The molecule has 0 aromatic heterocycles. The summed E-state index contributed by atoms with van der Waals surface area (Å²) in [5, 5.41) is 10.1. The number of rotatable bonds is 1. The van der Waals surface area contributed by atoms with Crippen LogP contribution in [0.5, 0.6) is 0 Å². The van der Waals surface area contributed by atoms with Gasteiger partial charge < -0.3 is 9.84 Å². The van der Waals surface area contributed by atoms with E-state index in [9.17, 15) is 9.90 Å². The van der Waals surface area contributed by atoms with Crippen LogP contribution >= 0.6 is 0 Å². The van der Waals surface area contributed by atoms with Gasteiger partial charge in [0.15, 0.2) is 0 Å². The monoisotopic (exact) mass is 352 g/mol. The Morgan fingerprint density at radius 2 is 1.92 bits per heavy atom. The lowest BCUT2D eigenvalue weighted by Gasteiger charge is -2.53. The molecule has 1 N–H and O–H groups in total. The van der Waals surface area contributed by atoms with Crippen molar-refractivity contribution in [1.82, 2.24) is 0 Å². The summed E-state index contributed by atoms with van der Waals surface area (Å²) < 4.78 is 5.17. The number of carbonyl (C=O) groups is 1. The number of fused-ring (bicyclic) bond motifs is 4. The van der Waals surface area contributed by atoms with Crippen LogP contribution in [-0.4, -0.2) is 23.8 Å². The Balaban J connectivity index is 1.52. The Bertz CT molecular complexity index is 811. The molecular weight excluding hydrogens is 324 g/mol. The van der Waals surface area contributed by atoms with Crippen molar-refractivity contribution in [2.75, 3.05) is 6.61 Å². The zero-order valence-corrected chi connectivity index (χ0v) is 15.8. The molecule has 0 aromatic carbocycles. The standard InChI is InChI=1S/C23H28O3/c1-22-9-7-16(24)12-15(22)3-4-17-19-6-5-18(14-11-21(25)26-13-14)23(19,2)10-8-20(17)22/h5-6,11,15-16,24H,3-4,7-10,12-13H2,1-2H3/t15-,16+,22+,23+/m0/s1. The fourth-order valence-electron chi connectivity index (χ4n) is 6.51. The van der Waals surface area contributed by atoms with E-state index in [0.29, 0.717) is 12.5 Å². The van der Waals surface area contributed by atoms with E-state index in [2.05, 4.69) is 26.0 Å². The molecule has 1 saturated carbocycles. The Morgan fingerprint density at radius 3 is 2.69 bits per heavy atom. The van der Waals surface area contributed by atoms with Crippen LogP contribution in [0.15, 0.2) is 46.1 Å². The van der Waals surface area contributed by atoms with Gasteiger partial charge in [0.1, 0.15) is 6.61 Å². The zero-order valence-electron chi connectivity index (χ0n) is 15.8. The van der Waals surface area contributed by atoms with Crippen molar-refractivity contribution in [2.24, 2.45) is 16.7 Å². The third kappa shape index (κ3) is 2.13. The van der Waals surface area contributed by atoms with E-state index < -0.39 is 0 Å². The molecule has 1 heterocycles. The second-order valence-electron chi connectivity index (χ2n) is 9.31. The van der Waals surface area contributed by atoms with Crippen LogP contribution in [0.4, 0.5) is 0 Å². The molecule has 0 saturated heterocycles. The predicted octanol–water partition coefficient (Wildman–Crippen LogP) is 4.39. The van der Waals surface area contributed by atoms with Crippen molar-refractivity contribution < 1.29 is 14.6 Å². The van der Waals surface area contributed by atoms with Crippen LogP contribution in [0.1, 0.15) is 58.8 Å². The van der Waals surface area contributed by atoms with E-state index in [1.807, 2.05) is 0 Å². The van der Waals surface area contributed by atoms with Gasteiger partial charge in [0.05, 0.1) is 6.10 Å². The molecule has 3 heteroatoms. The molecular formula is C23H28O3. The quantitative estimate of drug-likeness (QED) is 0.712. The summed E-state index contributed by atoms with van der Waals surface area (Å²) in [6.07, 6.45) is 13.7. The number of aliphatic hydroxyl groups is 1. The lowest BCUT2D eigenvalue weighted by molar-refractivity contribution is -0.134. The van der Waals surface area contributed by atoms with E-state index in [4.69, 9.17) is 4.74 Å². The van der Waals surface area contributed by atoms with Crippen LogP contribution in [0.3, 0.4) is 0 Å². The van der Waals surface area contributed by atoms with Crippen molar-refractivity contribution in [1.29, 1.82) is 0 Å². The zero-order chi connectivity index (χ0) is 18.1. The molecule has 0 amide bonds. The summed E-state index contributed by atoms with van der Waals surface area (Å²) >= 11 is 0. The number of hydrogen-bond acceptors (Lipinski definition) is 3. The van der Waals surface area contributed by atoms with Gasteiger partial charge >= 0.3 is 5.97 Å². The molecule has 1 fully saturated rings. The van der Waals surface area contributed by atoms with Crippen LogP contribution < -0.4 is 0 Å². The van der Waals surface area contributed by atoms with Crippen LogP contribution in [0.25, 0.3) is 0 Å². The smallest absolute Gasteiger partial charge is 0.331 e. The molecule has 5 aliphatic rings. The Hall–Kier alpha value is -1.61. The van der Waals surface area contributed by atoms with Crippen molar-refractivity contribution in [3.05, 3.63) is 46.1 Å². The minimum atomic E-state index is -0.206. The van der Waals surface area contributed by atoms with Gasteiger partial charge in [-0.15, -0.1) is 0 Å². The number of ether oxygens (including phenoxy) is 1. The van der Waals surface area contributed by atoms with E-state index in [-0.39, 0.29) is 22.9 Å². The number of cyclic esters (lactones) is 1. The maximum absolute atomic E-state index is 11.6. The minimum absolute atomic E-state index is 0.0238. The highest BCUT2D eigenvalue weighted by molar-refractivity contribution is 5.87.